The van der Waals surface area contributed by atoms with Crippen LogP contribution >= 0.6 is 22.6 Å². The molecule has 0 unspecified atom stereocenters. The third-order valence-corrected chi connectivity index (χ3v) is 5.89. The third-order valence-electron chi connectivity index (χ3n) is 5.18. The Morgan fingerprint density at radius 1 is 0.862 bits per heavy atom. The van der Waals surface area contributed by atoms with Crippen molar-refractivity contribution >= 4 is 28.3 Å². The first-order chi connectivity index (χ1) is 14.1. The predicted octanol–water partition coefficient (Wildman–Crippen LogP) is 5.29. The van der Waals surface area contributed by atoms with Crippen molar-refractivity contribution in [1.29, 1.82) is 0 Å². The number of anilines is 1. The summed E-state index contributed by atoms with van der Waals surface area (Å²) in [7, 11) is 1.93. The van der Waals surface area contributed by atoms with Crippen LogP contribution in [0.15, 0.2) is 89.7 Å². The highest BCUT2D eigenvalue weighted by Gasteiger charge is 2.25. The van der Waals surface area contributed by atoms with Gasteiger partial charge in [-0.05, 0) is 71.5 Å². The van der Waals surface area contributed by atoms with Crippen molar-refractivity contribution < 1.29 is 0 Å². The molecule has 29 heavy (non-hydrogen) atoms. The molecule has 0 radical (unpaired) electrons. The molecule has 0 aliphatic rings. The minimum Gasteiger partial charge on any atom is -0.374 e. The lowest BCUT2D eigenvalue weighted by Gasteiger charge is -2.20. The van der Waals surface area contributed by atoms with Gasteiger partial charge in [0.25, 0.3) is 5.56 Å². The molecule has 0 fully saturated rings. The van der Waals surface area contributed by atoms with Gasteiger partial charge >= 0.3 is 0 Å². The van der Waals surface area contributed by atoms with Crippen LogP contribution in [0.1, 0.15) is 22.9 Å². The molecule has 1 atom stereocenters. The summed E-state index contributed by atoms with van der Waals surface area (Å²) in [5, 5.41) is 3.58. The van der Waals surface area contributed by atoms with E-state index < -0.39 is 0 Å². The monoisotopic (exact) mass is 495 g/mol. The topological polar surface area (TPSA) is 39.0 Å². The molecule has 5 heteroatoms. The molecular formula is C24H22IN3O. The SMILES string of the molecule is Cc1c([C@H](Nc2ccc(I)cc2)c2ccccc2)c(=O)n(-c2ccccc2)n1C. The zero-order valence-corrected chi connectivity index (χ0v) is 18.5. The second-order valence-corrected chi connectivity index (χ2v) is 8.22. The average Bonchev–Trinajstić information content (AvgIpc) is 2.97. The molecule has 4 rings (SSSR count). The zero-order chi connectivity index (χ0) is 20.4. The molecule has 0 aliphatic heterocycles. The Kier molecular flexibility index (Phi) is 5.58. The van der Waals surface area contributed by atoms with Gasteiger partial charge in [-0.25, -0.2) is 4.68 Å². The maximum atomic E-state index is 13.6. The maximum absolute atomic E-state index is 13.6. The Hall–Kier alpha value is -2.80. The number of nitrogens with one attached hydrogen (secondary N) is 1. The van der Waals surface area contributed by atoms with Crippen LogP contribution in [0, 0.1) is 10.5 Å². The van der Waals surface area contributed by atoms with Gasteiger partial charge in [-0.2, -0.15) is 0 Å². The Morgan fingerprint density at radius 3 is 2.07 bits per heavy atom. The van der Waals surface area contributed by atoms with Gasteiger partial charge in [-0.1, -0.05) is 48.5 Å². The van der Waals surface area contributed by atoms with E-state index in [1.54, 1.807) is 4.68 Å². The van der Waals surface area contributed by atoms with Crippen molar-refractivity contribution in [3.8, 4) is 5.69 Å². The lowest BCUT2D eigenvalue weighted by Crippen LogP contribution is -2.24. The molecule has 0 bridgehead atoms. The van der Waals surface area contributed by atoms with E-state index in [-0.39, 0.29) is 11.6 Å². The molecule has 4 nitrogen and oxygen atoms in total. The number of hydrogen-bond acceptors (Lipinski definition) is 2. The van der Waals surface area contributed by atoms with Gasteiger partial charge in [-0.3, -0.25) is 9.48 Å². The van der Waals surface area contributed by atoms with E-state index in [2.05, 4.69) is 52.2 Å². The van der Waals surface area contributed by atoms with Gasteiger partial charge in [0, 0.05) is 22.0 Å². The van der Waals surface area contributed by atoms with Crippen LogP contribution in [0.2, 0.25) is 0 Å². The van der Waals surface area contributed by atoms with Crippen molar-refractivity contribution in [1.82, 2.24) is 9.36 Å². The largest absolute Gasteiger partial charge is 0.374 e. The molecule has 4 aromatic rings. The van der Waals surface area contributed by atoms with Crippen molar-refractivity contribution in [2.45, 2.75) is 13.0 Å². The van der Waals surface area contributed by atoms with Crippen LogP contribution in [0.3, 0.4) is 0 Å². The van der Waals surface area contributed by atoms with Crippen LogP contribution in [0.5, 0.6) is 0 Å². The van der Waals surface area contributed by atoms with Gasteiger partial charge in [0.15, 0.2) is 0 Å². The van der Waals surface area contributed by atoms with Crippen LogP contribution < -0.4 is 10.9 Å². The van der Waals surface area contributed by atoms with Gasteiger partial charge in [0.1, 0.15) is 0 Å². The van der Waals surface area contributed by atoms with Crippen LogP contribution in [0.25, 0.3) is 5.69 Å². The highest BCUT2D eigenvalue weighted by Crippen LogP contribution is 2.28. The molecule has 1 aromatic heterocycles. The number of nitrogens with zero attached hydrogens (tertiary/aromatic N) is 2. The number of rotatable bonds is 5. The van der Waals surface area contributed by atoms with E-state index in [0.717, 1.165) is 28.2 Å². The first-order valence-corrected chi connectivity index (χ1v) is 10.5. The summed E-state index contributed by atoms with van der Waals surface area (Å²) in [6.45, 7) is 2.00. The van der Waals surface area contributed by atoms with Crippen molar-refractivity contribution in [3.05, 3.63) is 116 Å². The predicted molar refractivity (Wildman–Crippen MR) is 127 cm³/mol. The van der Waals surface area contributed by atoms with Crippen molar-refractivity contribution in [3.63, 3.8) is 0 Å². The number of halogens is 1. The fraction of sp³-hybridized carbons (Fsp3) is 0.125. The van der Waals surface area contributed by atoms with Gasteiger partial charge in [0.05, 0.1) is 17.3 Å². The summed E-state index contributed by atoms with van der Waals surface area (Å²) in [6.07, 6.45) is 0. The Balaban J connectivity index is 1.87. The summed E-state index contributed by atoms with van der Waals surface area (Å²) >= 11 is 2.29. The molecule has 146 valence electrons. The molecule has 0 aliphatic carbocycles. The van der Waals surface area contributed by atoms with Crippen molar-refractivity contribution in [2.75, 3.05) is 5.32 Å². The van der Waals surface area contributed by atoms with Gasteiger partial charge < -0.3 is 5.32 Å². The molecule has 0 amide bonds. The standard InChI is InChI=1S/C24H22IN3O/c1-17-22(24(29)28(27(17)2)21-11-7-4-8-12-21)23(18-9-5-3-6-10-18)26-20-15-13-19(25)14-16-20/h3-16,23,26H,1-2H3/t23-/m1/s1. The second-order valence-electron chi connectivity index (χ2n) is 6.97. The summed E-state index contributed by atoms with van der Waals surface area (Å²) in [4.78, 5) is 13.6. The maximum Gasteiger partial charge on any atom is 0.277 e. The first-order valence-electron chi connectivity index (χ1n) is 9.47. The summed E-state index contributed by atoms with van der Waals surface area (Å²) in [5.41, 5.74) is 4.57. The molecule has 1 N–H and O–H groups in total. The van der Waals surface area contributed by atoms with E-state index >= 15 is 0 Å². The molecule has 1 heterocycles. The first kappa shape index (κ1) is 19.5. The van der Waals surface area contributed by atoms with E-state index in [9.17, 15) is 4.79 Å². The van der Waals surface area contributed by atoms with Crippen LogP contribution in [0.4, 0.5) is 5.69 Å². The normalized spacial score (nSPS) is 12.0. The molecule has 0 saturated heterocycles. The van der Waals surface area contributed by atoms with Crippen molar-refractivity contribution in [2.24, 2.45) is 7.05 Å². The third kappa shape index (κ3) is 3.87. The second kappa shape index (κ2) is 8.29. The number of aromatic nitrogens is 2. The van der Waals surface area contributed by atoms with Gasteiger partial charge in [-0.15, -0.1) is 0 Å². The Labute approximate surface area is 183 Å². The van der Waals surface area contributed by atoms with E-state index in [4.69, 9.17) is 0 Å². The van der Waals surface area contributed by atoms with Crippen LogP contribution in [-0.2, 0) is 7.05 Å². The summed E-state index contributed by atoms with van der Waals surface area (Å²) in [5.74, 6) is 0. The number of para-hydroxylation sites is 1. The summed E-state index contributed by atoms with van der Waals surface area (Å²) in [6, 6.07) is 27.8. The van der Waals surface area contributed by atoms with Gasteiger partial charge in [0.2, 0.25) is 0 Å². The minimum absolute atomic E-state index is 0.0111. The molecule has 3 aromatic carbocycles. The quantitative estimate of drug-likeness (QED) is 0.383. The molecule has 0 saturated carbocycles. The lowest BCUT2D eigenvalue weighted by atomic mass is 9.98. The number of benzene rings is 3. The summed E-state index contributed by atoms with van der Waals surface area (Å²) < 4.78 is 4.83. The highest BCUT2D eigenvalue weighted by atomic mass is 127. The van der Waals surface area contributed by atoms with Crippen LogP contribution in [-0.4, -0.2) is 9.36 Å². The number of hydrogen-bond donors (Lipinski definition) is 1. The smallest absolute Gasteiger partial charge is 0.277 e. The lowest BCUT2D eigenvalue weighted by molar-refractivity contribution is 0.630. The fourth-order valence-electron chi connectivity index (χ4n) is 3.60. The zero-order valence-electron chi connectivity index (χ0n) is 16.3. The minimum atomic E-state index is -0.250. The molecular weight excluding hydrogens is 473 g/mol. The average molecular weight is 495 g/mol. The van der Waals surface area contributed by atoms with E-state index in [1.165, 1.54) is 3.57 Å². The van der Waals surface area contributed by atoms with E-state index in [1.807, 2.05) is 79.3 Å². The Bertz CT molecular complexity index is 1160. The Morgan fingerprint density at radius 2 is 1.45 bits per heavy atom. The fourth-order valence-corrected chi connectivity index (χ4v) is 3.96. The highest BCUT2D eigenvalue weighted by molar-refractivity contribution is 14.1. The van der Waals surface area contributed by atoms with E-state index in [0.29, 0.717) is 0 Å². The molecule has 0 spiro atoms.